The minimum Gasteiger partial charge on any atom is -0.464 e. The molecule has 0 N–H and O–H groups in total. The van der Waals surface area contributed by atoms with Gasteiger partial charge in [0.25, 0.3) is 0 Å². The lowest BCUT2D eigenvalue weighted by molar-refractivity contribution is -0.149. The zero-order valence-electron chi connectivity index (χ0n) is 15.4. The monoisotopic (exact) mass is 329 g/mol. The van der Waals surface area contributed by atoms with Gasteiger partial charge in [-0.2, -0.15) is 0 Å². The lowest BCUT2D eigenvalue weighted by Gasteiger charge is -2.29. The summed E-state index contributed by atoms with van der Waals surface area (Å²) in [6.07, 6.45) is 2.27. The molecule has 1 aromatic carbocycles. The van der Waals surface area contributed by atoms with Gasteiger partial charge in [0.05, 0.1) is 12.6 Å². The molecule has 130 valence electrons. The van der Waals surface area contributed by atoms with E-state index >= 15 is 0 Å². The third-order valence-corrected chi connectivity index (χ3v) is 3.33. The summed E-state index contributed by atoms with van der Waals surface area (Å²) in [5, 5.41) is 0. The van der Waals surface area contributed by atoms with E-state index in [0.29, 0.717) is 6.61 Å². The van der Waals surface area contributed by atoms with Gasteiger partial charge in [0.2, 0.25) is 5.91 Å². The number of carbonyl (C=O) groups excluding carboxylic acids is 2. The van der Waals surface area contributed by atoms with Crippen molar-refractivity contribution in [3.8, 4) is 0 Å². The SMILES string of the molecule is CC.[B]/C(=C/C)C(=O)N(CC(=O)OCCC)C(C)c1ccccc1. The molecule has 2 radical (unpaired) electrons. The molecule has 1 aromatic rings. The normalized spacial score (nSPS) is 11.8. The smallest absolute Gasteiger partial charge is 0.325 e. The lowest BCUT2D eigenvalue weighted by atomic mass is 9.93. The summed E-state index contributed by atoms with van der Waals surface area (Å²) in [6, 6.07) is 9.23. The first-order valence-electron chi connectivity index (χ1n) is 8.44. The summed E-state index contributed by atoms with van der Waals surface area (Å²) in [7, 11) is 5.73. The van der Waals surface area contributed by atoms with Crippen LogP contribution in [0.4, 0.5) is 0 Å². The molecule has 0 aromatic heterocycles. The Bertz CT molecular complexity index is 529. The van der Waals surface area contributed by atoms with Gasteiger partial charge in [0, 0.05) is 0 Å². The first-order valence-corrected chi connectivity index (χ1v) is 8.44. The van der Waals surface area contributed by atoms with E-state index in [1.807, 2.05) is 58.0 Å². The van der Waals surface area contributed by atoms with Gasteiger partial charge in [0.15, 0.2) is 0 Å². The second-order valence-electron chi connectivity index (χ2n) is 4.98. The molecule has 5 heteroatoms. The van der Waals surface area contributed by atoms with E-state index in [4.69, 9.17) is 12.6 Å². The zero-order valence-corrected chi connectivity index (χ0v) is 15.4. The maximum absolute atomic E-state index is 12.4. The Labute approximate surface area is 147 Å². The van der Waals surface area contributed by atoms with E-state index in [1.54, 1.807) is 6.92 Å². The molecule has 0 heterocycles. The van der Waals surface area contributed by atoms with Crippen LogP contribution in [0.3, 0.4) is 0 Å². The van der Waals surface area contributed by atoms with Gasteiger partial charge in [-0.25, -0.2) is 0 Å². The highest BCUT2D eigenvalue weighted by atomic mass is 16.5. The van der Waals surface area contributed by atoms with Crippen molar-refractivity contribution in [1.29, 1.82) is 0 Å². The third-order valence-electron chi connectivity index (χ3n) is 3.33. The van der Waals surface area contributed by atoms with E-state index in [0.717, 1.165) is 12.0 Å². The Balaban J connectivity index is 0.00000254. The van der Waals surface area contributed by atoms with Crippen LogP contribution in [0.1, 0.15) is 52.6 Å². The molecule has 24 heavy (non-hydrogen) atoms. The fourth-order valence-electron chi connectivity index (χ4n) is 1.99. The molecule has 0 spiro atoms. The van der Waals surface area contributed by atoms with Crippen molar-refractivity contribution < 1.29 is 14.3 Å². The number of benzene rings is 1. The average Bonchev–Trinajstić information content (AvgIpc) is 2.64. The molecule has 0 aliphatic carbocycles. The molecular weight excluding hydrogens is 301 g/mol. The second kappa shape index (κ2) is 12.4. The van der Waals surface area contributed by atoms with Crippen molar-refractivity contribution in [3.05, 3.63) is 47.4 Å². The van der Waals surface area contributed by atoms with Crippen LogP contribution >= 0.6 is 0 Å². The number of ether oxygens (including phenoxy) is 1. The van der Waals surface area contributed by atoms with Crippen LogP contribution in [0.15, 0.2) is 41.9 Å². The summed E-state index contributed by atoms with van der Waals surface area (Å²) in [4.78, 5) is 25.7. The van der Waals surface area contributed by atoms with Crippen LogP contribution in [0.5, 0.6) is 0 Å². The van der Waals surface area contributed by atoms with Crippen molar-refractivity contribution in [2.75, 3.05) is 13.2 Å². The molecule has 1 atom stereocenters. The summed E-state index contributed by atoms with van der Waals surface area (Å²) in [5.41, 5.74) is 1.05. The van der Waals surface area contributed by atoms with Gasteiger partial charge in [-0.15, -0.1) is 0 Å². The summed E-state index contributed by atoms with van der Waals surface area (Å²) in [6.45, 7) is 9.70. The van der Waals surface area contributed by atoms with Crippen molar-refractivity contribution in [3.63, 3.8) is 0 Å². The fourth-order valence-corrected chi connectivity index (χ4v) is 1.99. The van der Waals surface area contributed by atoms with Crippen LogP contribution in [-0.2, 0) is 14.3 Å². The van der Waals surface area contributed by atoms with Gasteiger partial charge < -0.3 is 9.64 Å². The molecule has 1 rings (SSSR count). The van der Waals surface area contributed by atoms with Crippen molar-refractivity contribution in [2.24, 2.45) is 0 Å². The molecule has 0 saturated carbocycles. The molecule has 0 aliphatic heterocycles. The standard InChI is InChI=1S/C17H22BNO3.C2H6/c1-4-11-22-16(20)12-19(17(21)15(18)5-2)13(3)14-9-7-6-8-10-14;1-2/h5-10,13H,4,11-12H2,1-3H3;1-2H3/b15-5+;. The quantitative estimate of drug-likeness (QED) is 0.436. The first-order chi connectivity index (χ1) is 11.5. The van der Waals surface area contributed by atoms with Crippen molar-refractivity contribution >= 4 is 19.7 Å². The number of nitrogens with zero attached hydrogens (tertiary/aromatic N) is 1. The summed E-state index contributed by atoms with van der Waals surface area (Å²) < 4.78 is 5.08. The second-order valence-corrected chi connectivity index (χ2v) is 4.98. The lowest BCUT2D eigenvalue weighted by Crippen LogP contribution is -2.39. The number of hydrogen-bond donors (Lipinski definition) is 0. The topological polar surface area (TPSA) is 46.6 Å². The zero-order chi connectivity index (χ0) is 18.5. The van der Waals surface area contributed by atoms with Gasteiger partial charge in [0.1, 0.15) is 14.4 Å². The molecule has 0 fully saturated rings. The van der Waals surface area contributed by atoms with Gasteiger partial charge >= 0.3 is 5.97 Å². The maximum atomic E-state index is 12.4. The highest BCUT2D eigenvalue weighted by Crippen LogP contribution is 2.21. The van der Waals surface area contributed by atoms with E-state index in [2.05, 4.69) is 0 Å². The van der Waals surface area contributed by atoms with Gasteiger partial charge in [-0.05, 0) is 31.3 Å². The predicted octanol–water partition coefficient (Wildman–Crippen LogP) is 3.63. The number of carbonyl (C=O) groups is 2. The molecule has 0 aliphatic rings. The van der Waals surface area contributed by atoms with Gasteiger partial charge in [-0.1, -0.05) is 57.2 Å². The number of esters is 1. The number of allylic oxidation sites excluding steroid dienone is 1. The highest BCUT2D eigenvalue weighted by Gasteiger charge is 2.24. The Morgan fingerprint density at radius 1 is 1.25 bits per heavy atom. The minimum atomic E-state index is -0.429. The number of amides is 1. The Hall–Kier alpha value is -2.04. The average molecular weight is 329 g/mol. The minimum absolute atomic E-state index is 0.117. The largest absolute Gasteiger partial charge is 0.464 e. The Morgan fingerprint density at radius 2 is 1.83 bits per heavy atom. The summed E-state index contributed by atoms with van der Waals surface area (Å²) in [5.74, 6) is -0.797. The molecule has 0 saturated heterocycles. The van der Waals surface area contributed by atoms with Crippen LogP contribution in [0.2, 0.25) is 0 Å². The highest BCUT2D eigenvalue weighted by molar-refractivity contribution is 6.36. The van der Waals surface area contributed by atoms with Crippen molar-refractivity contribution in [2.45, 2.75) is 47.1 Å². The van der Waals surface area contributed by atoms with Gasteiger partial charge in [-0.3, -0.25) is 9.59 Å². The van der Waals surface area contributed by atoms with E-state index in [-0.39, 0.29) is 24.0 Å². The third kappa shape index (κ3) is 7.03. The molecule has 1 amide bonds. The van der Waals surface area contributed by atoms with Crippen molar-refractivity contribution in [1.82, 2.24) is 4.90 Å². The molecule has 0 bridgehead atoms. The van der Waals surface area contributed by atoms with Crippen LogP contribution < -0.4 is 0 Å². The number of rotatable bonds is 7. The van der Waals surface area contributed by atoms with Crippen LogP contribution in [0, 0.1) is 0 Å². The van der Waals surface area contributed by atoms with Crippen LogP contribution in [-0.4, -0.2) is 37.8 Å². The molecule has 1 unspecified atom stereocenters. The molecule has 4 nitrogen and oxygen atoms in total. The Morgan fingerprint density at radius 3 is 2.33 bits per heavy atom. The first kappa shape index (κ1) is 22.0. The van der Waals surface area contributed by atoms with Crippen LogP contribution in [0.25, 0.3) is 0 Å². The fraction of sp³-hybridized carbons (Fsp3) is 0.474. The van der Waals surface area contributed by atoms with E-state index in [9.17, 15) is 9.59 Å². The predicted molar refractivity (Wildman–Crippen MR) is 98.7 cm³/mol. The Kier molecular flexibility index (Phi) is 11.3. The van der Waals surface area contributed by atoms with E-state index < -0.39 is 5.97 Å². The summed E-state index contributed by atoms with van der Waals surface area (Å²) >= 11 is 0. The van der Waals surface area contributed by atoms with E-state index in [1.165, 1.54) is 11.0 Å². The maximum Gasteiger partial charge on any atom is 0.325 e. The number of hydrogen-bond acceptors (Lipinski definition) is 3. The molecular formula is C19H28BNO3.